The molecule has 4 aromatic rings. The maximum atomic E-state index is 12.8. The van der Waals surface area contributed by atoms with Gasteiger partial charge in [-0.1, -0.05) is 41.9 Å². The lowest BCUT2D eigenvalue weighted by atomic mass is 9.83. The third kappa shape index (κ3) is 6.69. The van der Waals surface area contributed by atoms with Crippen LogP contribution < -0.4 is 29.4 Å². The predicted molar refractivity (Wildman–Crippen MR) is 162 cm³/mol. The van der Waals surface area contributed by atoms with E-state index < -0.39 is 11.9 Å². The van der Waals surface area contributed by atoms with E-state index in [0.29, 0.717) is 59.0 Å². The van der Waals surface area contributed by atoms with E-state index in [0.717, 1.165) is 11.1 Å². The molecule has 9 heteroatoms. The van der Waals surface area contributed by atoms with Crippen molar-refractivity contribution in [1.29, 1.82) is 5.26 Å². The molecule has 5 rings (SSSR count). The largest absolute Gasteiger partial charge is 0.494 e. The van der Waals surface area contributed by atoms with Crippen LogP contribution in [0.1, 0.15) is 46.8 Å². The van der Waals surface area contributed by atoms with Gasteiger partial charge in [0, 0.05) is 16.7 Å². The van der Waals surface area contributed by atoms with E-state index in [1.165, 1.54) is 0 Å². The Morgan fingerprint density at radius 1 is 0.907 bits per heavy atom. The molecule has 1 aliphatic rings. The normalized spacial score (nSPS) is 13.8. The van der Waals surface area contributed by atoms with Crippen molar-refractivity contribution in [2.75, 3.05) is 13.2 Å². The van der Waals surface area contributed by atoms with E-state index >= 15 is 0 Å². The van der Waals surface area contributed by atoms with E-state index in [2.05, 4.69) is 6.07 Å². The summed E-state index contributed by atoms with van der Waals surface area (Å²) in [7, 11) is 0. The third-order valence-corrected chi connectivity index (χ3v) is 6.94. The highest BCUT2D eigenvalue weighted by atomic mass is 35.5. The van der Waals surface area contributed by atoms with E-state index in [9.17, 15) is 10.1 Å². The quantitative estimate of drug-likeness (QED) is 0.152. The van der Waals surface area contributed by atoms with Crippen LogP contribution in [0.5, 0.6) is 28.7 Å². The molecule has 0 saturated carbocycles. The van der Waals surface area contributed by atoms with Crippen LogP contribution in [-0.2, 0) is 6.61 Å². The van der Waals surface area contributed by atoms with Gasteiger partial charge >= 0.3 is 5.97 Å². The Morgan fingerprint density at radius 3 is 2.44 bits per heavy atom. The van der Waals surface area contributed by atoms with E-state index in [-0.39, 0.29) is 17.2 Å². The highest BCUT2D eigenvalue weighted by molar-refractivity contribution is 6.30. The molecular formula is C34H29ClN2O6. The molecule has 0 amide bonds. The average molecular weight is 597 g/mol. The molecular weight excluding hydrogens is 568 g/mol. The van der Waals surface area contributed by atoms with Crippen molar-refractivity contribution < 1.29 is 28.5 Å². The molecule has 8 nitrogen and oxygen atoms in total. The molecule has 1 unspecified atom stereocenters. The summed E-state index contributed by atoms with van der Waals surface area (Å²) in [5.41, 5.74) is 9.20. The molecule has 0 spiro atoms. The van der Waals surface area contributed by atoms with Crippen molar-refractivity contribution in [3.05, 3.63) is 124 Å². The molecule has 0 aliphatic carbocycles. The maximum Gasteiger partial charge on any atom is 0.343 e. The lowest BCUT2D eigenvalue weighted by molar-refractivity contribution is 0.0734. The minimum atomic E-state index is -0.550. The number of ether oxygens (including phenoxy) is 5. The van der Waals surface area contributed by atoms with Crippen molar-refractivity contribution in [3.8, 4) is 34.8 Å². The summed E-state index contributed by atoms with van der Waals surface area (Å²) >= 11 is 6.00. The van der Waals surface area contributed by atoms with E-state index in [1.54, 1.807) is 42.5 Å². The second-order valence-corrected chi connectivity index (χ2v) is 9.97. The van der Waals surface area contributed by atoms with Gasteiger partial charge in [0.15, 0.2) is 11.5 Å². The molecule has 1 heterocycles. The number of carbonyl (C=O) groups is 1. The number of nitrogens with zero attached hydrogens (tertiary/aromatic N) is 1. The van der Waals surface area contributed by atoms with Gasteiger partial charge in [0.1, 0.15) is 35.5 Å². The van der Waals surface area contributed by atoms with Crippen molar-refractivity contribution in [2.45, 2.75) is 26.4 Å². The number of carbonyl (C=O) groups excluding carboxylic acids is 1. The number of hydrogen-bond donors (Lipinski definition) is 1. The molecule has 0 radical (unpaired) electrons. The highest BCUT2D eigenvalue weighted by Gasteiger charge is 2.32. The highest BCUT2D eigenvalue weighted by Crippen LogP contribution is 2.45. The van der Waals surface area contributed by atoms with Gasteiger partial charge in [0.05, 0.1) is 24.7 Å². The zero-order valence-corrected chi connectivity index (χ0v) is 24.4. The second kappa shape index (κ2) is 13.2. The molecule has 0 aromatic heterocycles. The summed E-state index contributed by atoms with van der Waals surface area (Å²) in [5, 5.41) is 10.7. The van der Waals surface area contributed by atoms with Gasteiger partial charge in [0.2, 0.25) is 5.88 Å². The average Bonchev–Trinajstić information content (AvgIpc) is 3.01. The summed E-state index contributed by atoms with van der Waals surface area (Å²) < 4.78 is 28.9. The number of fused-ring (bicyclic) bond motifs is 1. The van der Waals surface area contributed by atoms with Crippen LogP contribution in [0.25, 0.3) is 0 Å². The number of benzene rings is 4. The van der Waals surface area contributed by atoms with Gasteiger partial charge in [-0.25, -0.2) is 4.79 Å². The SMILES string of the molecule is CCOc1cccc(C(=O)Oc2ccc3c(c2)OC(N)=C(C#N)C3c2ccc(OCc3ccc(Cl)cc3)c(OCC)c2)c1. The Hall–Kier alpha value is -5.13. The number of nitrogens with two attached hydrogens (primary N) is 1. The molecule has 2 N–H and O–H groups in total. The molecule has 4 aromatic carbocycles. The number of halogens is 1. The van der Waals surface area contributed by atoms with Crippen molar-refractivity contribution in [2.24, 2.45) is 5.73 Å². The Balaban J connectivity index is 1.42. The van der Waals surface area contributed by atoms with E-state index in [1.807, 2.05) is 56.3 Å². The Kier molecular flexibility index (Phi) is 9.04. The molecule has 43 heavy (non-hydrogen) atoms. The molecule has 1 atom stereocenters. The number of esters is 1. The van der Waals surface area contributed by atoms with Crippen molar-refractivity contribution >= 4 is 17.6 Å². The zero-order chi connectivity index (χ0) is 30.3. The predicted octanol–water partition coefficient (Wildman–Crippen LogP) is 7.15. The first kappa shape index (κ1) is 29.4. The van der Waals surface area contributed by atoms with Crippen LogP contribution in [0.4, 0.5) is 0 Å². The lowest BCUT2D eigenvalue weighted by Gasteiger charge is -2.27. The minimum absolute atomic E-state index is 0.0334. The number of hydrogen-bond acceptors (Lipinski definition) is 8. The van der Waals surface area contributed by atoms with Crippen LogP contribution in [0.3, 0.4) is 0 Å². The summed E-state index contributed by atoms with van der Waals surface area (Å²) in [4.78, 5) is 12.8. The fourth-order valence-electron chi connectivity index (χ4n) is 4.72. The first-order valence-corrected chi connectivity index (χ1v) is 14.1. The zero-order valence-electron chi connectivity index (χ0n) is 23.6. The molecule has 1 aliphatic heterocycles. The van der Waals surface area contributed by atoms with E-state index in [4.69, 9.17) is 41.0 Å². The molecule has 0 saturated heterocycles. The summed E-state index contributed by atoms with van der Waals surface area (Å²) in [6, 6.07) is 26.9. The fourth-order valence-corrected chi connectivity index (χ4v) is 4.85. The van der Waals surface area contributed by atoms with Gasteiger partial charge in [0.25, 0.3) is 0 Å². The van der Waals surface area contributed by atoms with Gasteiger partial charge in [-0.2, -0.15) is 5.26 Å². The van der Waals surface area contributed by atoms with Gasteiger partial charge in [-0.15, -0.1) is 0 Å². The molecule has 0 fully saturated rings. The van der Waals surface area contributed by atoms with Gasteiger partial charge < -0.3 is 29.4 Å². The second-order valence-electron chi connectivity index (χ2n) is 9.53. The Bertz CT molecular complexity index is 1710. The Labute approximate surface area is 254 Å². The summed E-state index contributed by atoms with van der Waals surface area (Å²) in [6.45, 7) is 4.97. The first-order valence-electron chi connectivity index (χ1n) is 13.7. The number of nitriles is 1. The lowest BCUT2D eigenvalue weighted by Crippen LogP contribution is -2.21. The van der Waals surface area contributed by atoms with Crippen LogP contribution >= 0.6 is 11.6 Å². The summed E-state index contributed by atoms with van der Waals surface area (Å²) in [5.74, 6) is 1.15. The van der Waals surface area contributed by atoms with Gasteiger partial charge in [-0.3, -0.25) is 0 Å². The van der Waals surface area contributed by atoms with Crippen LogP contribution in [0.15, 0.2) is 96.4 Å². The van der Waals surface area contributed by atoms with Crippen LogP contribution in [0.2, 0.25) is 5.02 Å². The first-order chi connectivity index (χ1) is 20.9. The third-order valence-electron chi connectivity index (χ3n) is 6.69. The van der Waals surface area contributed by atoms with Crippen LogP contribution in [-0.4, -0.2) is 19.2 Å². The smallest absolute Gasteiger partial charge is 0.343 e. The fraction of sp³-hybridized carbons (Fsp3) is 0.176. The number of rotatable bonds is 10. The van der Waals surface area contributed by atoms with Gasteiger partial charge in [-0.05, 0) is 73.5 Å². The Morgan fingerprint density at radius 2 is 1.70 bits per heavy atom. The van der Waals surface area contributed by atoms with Crippen molar-refractivity contribution in [3.63, 3.8) is 0 Å². The number of allylic oxidation sites excluding steroid dienone is 1. The topological polar surface area (TPSA) is 113 Å². The van der Waals surface area contributed by atoms with Crippen LogP contribution in [0, 0.1) is 11.3 Å². The molecule has 218 valence electrons. The summed E-state index contributed by atoms with van der Waals surface area (Å²) in [6.07, 6.45) is 0. The standard InChI is InChI=1S/C34H29ClN2O6/c1-3-39-25-7-5-6-23(16-25)34(38)42-26-13-14-27-30(18-26)43-33(37)28(19-36)32(27)22-10-15-29(31(17-22)40-4-2)41-20-21-8-11-24(35)12-9-21/h5-18,32H,3-4,20,37H2,1-2H3. The monoisotopic (exact) mass is 596 g/mol. The molecule has 0 bridgehead atoms. The minimum Gasteiger partial charge on any atom is -0.494 e. The van der Waals surface area contributed by atoms with Crippen molar-refractivity contribution in [1.82, 2.24) is 0 Å². The maximum absolute atomic E-state index is 12.8.